The molecule has 0 saturated carbocycles. The van der Waals surface area contributed by atoms with Crippen molar-refractivity contribution in [2.45, 2.75) is 32.9 Å². The highest BCUT2D eigenvalue weighted by molar-refractivity contribution is 7.19. The lowest BCUT2D eigenvalue weighted by Crippen LogP contribution is -2.42. The molecule has 1 N–H and O–H groups in total. The first-order valence-corrected chi connectivity index (χ1v) is 7.67. The lowest BCUT2D eigenvalue weighted by molar-refractivity contribution is -0.144. The average molecular weight is 291 g/mol. The van der Waals surface area contributed by atoms with Crippen molar-refractivity contribution in [3.05, 3.63) is 35.2 Å². The van der Waals surface area contributed by atoms with Crippen molar-refractivity contribution < 1.29 is 9.53 Å². The Morgan fingerprint density at radius 1 is 1.25 bits per heavy atom. The molecule has 0 bridgehead atoms. The number of esters is 1. The van der Waals surface area contributed by atoms with Gasteiger partial charge in [0.2, 0.25) is 0 Å². The molecule has 1 heterocycles. The Morgan fingerprint density at radius 3 is 2.55 bits per heavy atom. The van der Waals surface area contributed by atoms with E-state index in [0.717, 1.165) is 0 Å². The van der Waals surface area contributed by atoms with Gasteiger partial charge in [0.05, 0.1) is 7.11 Å². The van der Waals surface area contributed by atoms with Crippen molar-refractivity contribution in [2.24, 2.45) is 5.92 Å². The van der Waals surface area contributed by atoms with Gasteiger partial charge < -0.3 is 4.74 Å². The quantitative estimate of drug-likeness (QED) is 0.853. The SMILES string of the molecule is COC(=O)[C@@H](NC(C)c1cc2ccccc2s1)C(C)C. The normalized spacial score (nSPS) is 14.4. The molecule has 1 aromatic carbocycles. The fraction of sp³-hybridized carbons (Fsp3) is 0.438. The van der Waals surface area contributed by atoms with Gasteiger partial charge in [0.15, 0.2) is 0 Å². The number of carbonyl (C=O) groups excluding carboxylic acids is 1. The molecule has 108 valence electrons. The molecule has 0 aliphatic heterocycles. The molecule has 0 radical (unpaired) electrons. The van der Waals surface area contributed by atoms with Gasteiger partial charge in [-0.3, -0.25) is 10.1 Å². The Morgan fingerprint density at radius 2 is 1.95 bits per heavy atom. The second-order valence-corrected chi connectivity index (χ2v) is 6.44. The molecule has 0 saturated heterocycles. The van der Waals surface area contributed by atoms with Crippen LogP contribution in [0.2, 0.25) is 0 Å². The predicted octanol–water partition coefficient (Wildman–Crippen LogP) is 3.75. The summed E-state index contributed by atoms with van der Waals surface area (Å²) < 4.78 is 6.14. The number of hydrogen-bond acceptors (Lipinski definition) is 4. The molecule has 3 nitrogen and oxygen atoms in total. The van der Waals surface area contributed by atoms with Gasteiger partial charge in [-0.2, -0.15) is 0 Å². The maximum Gasteiger partial charge on any atom is 0.323 e. The van der Waals surface area contributed by atoms with Crippen LogP contribution in [0.3, 0.4) is 0 Å². The van der Waals surface area contributed by atoms with Crippen LogP contribution in [-0.2, 0) is 9.53 Å². The molecule has 0 spiro atoms. The maximum absolute atomic E-state index is 11.8. The fourth-order valence-corrected chi connectivity index (χ4v) is 3.30. The highest BCUT2D eigenvalue weighted by atomic mass is 32.1. The molecule has 20 heavy (non-hydrogen) atoms. The Labute approximate surface area is 123 Å². The van der Waals surface area contributed by atoms with Gasteiger partial charge in [-0.1, -0.05) is 32.0 Å². The second kappa shape index (κ2) is 6.37. The Hall–Kier alpha value is -1.39. The number of benzene rings is 1. The molecule has 2 rings (SSSR count). The first kappa shape index (κ1) is 15.0. The minimum absolute atomic E-state index is 0.124. The molecule has 2 atom stereocenters. The highest BCUT2D eigenvalue weighted by Crippen LogP contribution is 2.30. The zero-order chi connectivity index (χ0) is 14.7. The summed E-state index contributed by atoms with van der Waals surface area (Å²) in [7, 11) is 1.43. The van der Waals surface area contributed by atoms with E-state index in [9.17, 15) is 4.79 Å². The van der Waals surface area contributed by atoms with Crippen LogP contribution in [0.25, 0.3) is 10.1 Å². The van der Waals surface area contributed by atoms with E-state index in [1.807, 2.05) is 26.0 Å². The van der Waals surface area contributed by atoms with E-state index in [1.165, 1.54) is 22.1 Å². The zero-order valence-electron chi connectivity index (χ0n) is 12.3. The van der Waals surface area contributed by atoms with Crippen LogP contribution in [0, 0.1) is 5.92 Å². The number of carbonyl (C=O) groups is 1. The van der Waals surface area contributed by atoms with Crippen LogP contribution < -0.4 is 5.32 Å². The van der Waals surface area contributed by atoms with Crippen molar-refractivity contribution in [3.63, 3.8) is 0 Å². The predicted molar refractivity (Wildman–Crippen MR) is 84.0 cm³/mol. The summed E-state index contributed by atoms with van der Waals surface area (Å²) in [5.41, 5.74) is 0. The monoisotopic (exact) mass is 291 g/mol. The maximum atomic E-state index is 11.8. The number of hydrogen-bond donors (Lipinski definition) is 1. The lowest BCUT2D eigenvalue weighted by atomic mass is 10.0. The number of fused-ring (bicyclic) bond motifs is 1. The van der Waals surface area contributed by atoms with Gasteiger partial charge in [0.1, 0.15) is 6.04 Å². The molecular weight excluding hydrogens is 270 g/mol. The van der Waals surface area contributed by atoms with Gasteiger partial charge in [0.25, 0.3) is 0 Å². The Balaban J connectivity index is 2.17. The van der Waals surface area contributed by atoms with Crippen molar-refractivity contribution in [2.75, 3.05) is 7.11 Å². The summed E-state index contributed by atoms with van der Waals surface area (Å²) >= 11 is 1.76. The highest BCUT2D eigenvalue weighted by Gasteiger charge is 2.25. The standard InChI is InChI=1S/C16H21NO2S/c1-10(2)15(16(18)19-4)17-11(3)14-9-12-7-5-6-8-13(12)20-14/h5-11,15,17H,1-4H3/t11?,15-/m0/s1. The fourth-order valence-electron chi connectivity index (χ4n) is 2.23. The second-order valence-electron chi connectivity index (χ2n) is 5.32. The van der Waals surface area contributed by atoms with Crippen LogP contribution in [-0.4, -0.2) is 19.1 Å². The van der Waals surface area contributed by atoms with E-state index in [4.69, 9.17) is 4.74 Å². The summed E-state index contributed by atoms with van der Waals surface area (Å²) in [6.45, 7) is 6.13. The summed E-state index contributed by atoms with van der Waals surface area (Å²) in [6.07, 6.45) is 0. The lowest BCUT2D eigenvalue weighted by Gasteiger charge is -2.23. The van der Waals surface area contributed by atoms with Gasteiger partial charge >= 0.3 is 5.97 Å². The average Bonchev–Trinajstić information content (AvgIpc) is 2.87. The minimum Gasteiger partial charge on any atom is -0.468 e. The van der Waals surface area contributed by atoms with Gasteiger partial charge in [-0.15, -0.1) is 11.3 Å². The Kier molecular flexibility index (Phi) is 4.78. The third kappa shape index (κ3) is 3.19. The summed E-state index contributed by atoms with van der Waals surface area (Å²) in [5.74, 6) is -0.00719. The molecule has 0 aliphatic carbocycles. The molecule has 4 heteroatoms. The van der Waals surface area contributed by atoms with Crippen LogP contribution in [0.15, 0.2) is 30.3 Å². The van der Waals surface area contributed by atoms with E-state index in [-0.39, 0.29) is 24.0 Å². The Bertz CT molecular complexity index is 558. The van der Waals surface area contributed by atoms with E-state index in [1.54, 1.807) is 11.3 Å². The van der Waals surface area contributed by atoms with Crippen molar-refractivity contribution in [1.82, 2.24) is 5.32 Å². The van der Waals surface area contributed by atoms with Crippen molar-refractivity contribution in [1.29, 1.82) is 0 Å². The van der Waals surface area contributed by atoms with Crippen LogP contribution in [0.1, 0.15) is 31.7 Å². The van der Waals surface area contributed by atoms with E-state index in [0.29, 0.717) is 0 Å². The first-order valence-electron chi connectivity index (χ1n) is 6.85. The topological polar surface area (TPSA) is 38.3 Å². The molecular formula is C16H21NO2S. The minimum atomic E-state index is -0.278. The van der Waals surface area contributed by atoms with Crippen LogP contribution in [0.4, 0.5) is 0 Å². The number of methoxy groups -OCH3 is 1. The third-order valence-electron chi connectivity index (χ3n) is 3.42. The van der Waals surface area contributed by atoms with E-state index in [2.05, 4.69) is 30.4 Å². The van der Waals surface area contributed by atoms with E-state index < -0.39 is 0 Å². The number of nitrogens with one attached hydrogen (secondary N) is 1. The summed E-state index contributed by atoms with van der Waals surface area (Å²) in [5, 5.41) is 4.63. The number of thiophene rings is 1. The first-order chi connectivity index (χ1) is 9.52. The summed E-state index contributed by atoms with van der Waals surface area (Å²) in [6, 6.07) is 10.4. The van der Waals surface area contributed by atoms with Crippen molar-refractivity contribution in [3.8, 4) is 0 Å². The van der Waals surface area contributed by atoms with E-state index >= 15 is 0 Å². The molecule has 2 aromatic rings. The largest absolute Gasteiger partial charge is 0.468 e. The van der Waals surface area contributed by atoms with Crippen LogP contribution >= 0.6 is 11.3 Å². The number of rotatable bonds is 5. The molecule has 0 aliphatic rings. The van der Waals surface area contributed by atoms with Gasteiger partial charge in [-0.25, -0.2) is 0 Å². The van der Waals surface area contributed by atoms with Gasteiger partial charge in [-0.05, 0) is 30.4 Å². The third-order valence-corrected chi connectivity index (χ3v) is 4.72. The smallest absolute Gasteiger partial charge is 0.323 e. The summed E-state index contributed by atoms with van der Waals surface area (Å²) in [4.78, 5) is 13.0. The molecule has 1 unspecified atom stereocenters. The molecule has 0 fully saturated rings. The van der Waals surface area contributed by atoms with Crippen molar-refractivity contribution >= 4 is 27.4 Å². The van der Waals surface area contributed by atoms with Crippen LogP contribution in [0.5, 0.6) is 0 Å². The molecule has 0 amide bonds. The molecule has 1 aromatic heterocycles. The zero-order valence-corrected chi connectivity index (χ0v) is 13.2. The van der Waals surface area contributed by atoms with Gasteiger partial charge in [0, 0.05) is 15.6 Å². The number of ether oxygens (including phenoxy) is 1.